The van der Waals surface area contributed by atoms with Crippen molar-refractivity contribution in [1.82, 2.24) is 25.3 Å². The summed E-state index contributed by atoms with van der Waals surface area (Å²) in [6.07, 6.45) is 8.31. The number of amides is 2. The first-order valence-electron chi connectivity index (χ1n) is 12.5. The largest absolute Gasteiger partial charge is 0.357 e. The Labute approximate surface area is 215 Å². The van der Waals surface area contributed by atoms with E-state index in [2.05, 4.69) is 51.5 Å². The Morgan fingerprint density at radius 3 is 2.42 bits per heavy atom. The molecular weight excluding hydrogens is 531 g/mol. The number of hydrogen-bond acceptors (Lipinski definition) is 5. The average Bonchev–Trinajstić information content (AvgIpc) is 3.41. The van der Waals surface area contributed by atoms with Crippen molar-refractivity contribution in [2.24, 2.45) is 28.7 Å². The van der Waals surface area contributed by atoms with Crippen LogP contribution in [0.5, 0.6) is 0 Å². The third kappa shape index (κ3) is 6.28. The van der Waals surface area contributed by atoms with Gasteiger partial charge in [0, 0.05) is 39.3 Å². The number of rotatable bonds is 9. The first-order chi connectivity index (χ1) is 15.6. The number of hydrogen-bond donors (Lipinski definition) is 2. The SMILES string of the molecule is CCNC(=NCCCN1C(=O)C2C3C=CC(C3)C2C1=O)NCCCN1CCCN(C)CC1.I. The molecular formula is C24H41IN6O2. The van der Waals surface area contributed by atoms with E-state index >= 15 is 0 Å². The number of carbonyl (C=O) groups is 2. The maximum Gasteiger partial charge on any atom is 0.233 e. The highest BCUT2D eigenvalue weighted by Gasteiger charge is 2.58. The standard InChI is InChI=1S/C24H40N6O2.HI/c1-3-25-24(26-9-4-12-29-13-6-11-28(2)15-16-29)27-10-5-14-30-22(31)20-18-7-8-19(17-18)21(20)23(30)32;/h7-8,18-21H,3-6,9-17H2,1-2H3,(H2,25,26,27);1H. The van der Waals surface area contributed by atoms with E-state index in [0.29, 0.717) is 19.5 Å². The molecule has 2 aliphatic heterocycles. The molecule has 2 aliphatic carbocycles. The zero-order valence-corrected chi connectivity index (χ0v) is 22.5. The maximum atomic E-state index is 12.8. The van der Waals surface area contributed by atoms with Gasteiger partial charge in [0.2, 0.25) is 11.8 Å². The molecule has 0 aromatic carbocycles. The molecule has 33 heavy (non-hydrogen) atoms. The van der Waals surface area contributed by atoms with Crippen molar-refractivity contribution in [3.05, 3.63) is 12.2 Å². The van der Waals surface area contributed by atoms with Gasteiger partial charge in [-0.3, -0.25) is 19.5 Å². The van der Waals surface area contributed by atoms with Crippen LogP contribution in [-0.2, 0) is 9.59 Å². The molecule has 0 spiro atoms. The lowest BCUT2D eigenvalue weighted by atomic mass is 9.85. The van der Waals surface area contributed by atoms with E-state index in [1.165, 1.54) is 24.4 Å². The summed E-state index contributed by atoms with van der Waals surface area (Å²) in [4.78, 5) is 36.7. The summed E-state index contributed by atoms with van der Waals surface area (Å²) >= 11 is 0. The summed E-state index contributed by atoms with van der Waals surface area (Å²) in [6.45, 7) is 10.6. The topological polar surface area (TPSA) is 80.3 Å². The molecule has 0 radical (unpaired) electrons. The van der Waals surface area contributed by atoms with E-state index in [1.54, 1.807) is 0 Å². The highest BCUT2D eigenvalue weighted by molar-refractivity contribution is 14.0. The summed E-state index contributed by atoms with van der Waals surface area (Å²) in [6, 6.07) is 0. The van der Waals surface area contributed by atoms with Gasteiger partial charge in [-0.2, -0.15) is 0 Å². The summed E-state index contributed by atoms with van der Waals surface area (Å²) < 4.78 is 0. The van der Waals surface area contributed by atoms with E-state index in [0.717, 1.165) is 51.5 Å². The lowest BCUT2D eigenvalue weighted by Crippen LogP contribution is -2.39. The van der Waals surface area contributed by atoms with Crippen LogP contribution >= 0.6 is 24.0 Å². The fraction of sp³-hybridized carbons (Fsp3) is 0.792. The summed E-state index contributed by atoms with van der Waals surface area (Å²) in [7, 11) is 2.20. The maximum absolute atomic E-state index is 12.8. The molecule has 4 unspecified atom stereocenters. The minimum absolute atomic E-state index is 0. The van der Waals surface area contributed by atoms with Crippen LogP contribution in [0.4, 0.5) is 0 Å². The molecule has 1 saturated carbocycles. The van der Waals surface area contributed by atoms with Gasteiger partial charge in [-0.1, -0.05) is 12.2 Å². The van der Waals surface area contributed by atoms with E-state index in [1.807, 2.05) is 0 Å². The van der Waals surface area contributed by atoms with E-state index in [9.17, 15) is 9.59 Å². The van der Waals surface area contributed by atoms with Crippen molar-refractivity contribution in [3.63, 3.8) is 0 Å². The fourth-order valence-electron chi connectivity index (χ4n) is 5.78. The molecule has 0 aromatic rings. The monoisotopic (exact) mass is 572 g/mol. The van der Waals surface area contributed by atoms with Crippen LogP contribution < -0.4 is 10.6 Å². The van der Waals surface area contributed by atoms with Gasteiger partial charge in [0.15, 0.2) is 5.96 Å². The van der Waals surface area contributed by atoms with Crippen molar-refractivity contribution in [1.29, 1.82) is 0 Å². The van der Waals surface area contributed by atoms with E-state index < -0.39 is 0 Å². The van der Waals surface area contributed by atoms with Crippen LogP contribution in [0.2, 0.25) is 0 Å². The zero-order valence-electron chi connectivity index (χ0n) is 20.2. The Kier molecular flexibility index (Phi) is 9.99. The molecule has 9 heteroatoms. The Hall–Kier alpha value is -1.20. The molecule has 186 valence electrons. The predicted octanol–water partition coefficient (Wildman–Crippen LogP) is 1.38. The van der Waals surface area contributed by atoms with Gasteiger partial charge in [0.1, 0.15) is 0 Å². The van der Waals surface area contributed by atoms with Crippen LogP contribution in [0, 0.1) is 23.7 Å². The normalized spacial score (nSPS) is 29.9. The average molecular weight is 573 g/mol. The van der Waals surface area contributed by atoms with E-state index in [-0.39, 0.29) is 59.5 Å². The summed E-state index contributed by atoms with van der Waals surface area (Å²) in [5.41, 5.74) is 0. The number of guanidine groups is 1. The van der Waals surface area contributed by atoms with Gasteiger partial charge in [-0.15, -0.1) is 24.0 Å². The van der Waals surface area contributed by atoms with Crippen LogP contribution in [-0.4, -0.2) is 98.4 Å². The van der Waals surface area contributed by atoms with Crippen molar-refractivity contribution in [2.75, 3.05) is 66.0 Å². The van der Waals surface area contributed by atoms with Crippen LogP contribution in [0.1, 0.15) is 32.6 Å². The molecule has 2 bridgehead atoms. The Bertz CT molecular complexity index is 714. The molecule has 4 aliphatic rings. The molecule has 0 aromatic heterocycles. The lowest BCUT2D eigenvalue weighted by Gasteiger charge is -2.20. The minimum Gasteiger partial charge on any atom is -0.357 e. The number of aliphatic imine (C=N–C) groups is 1. The highest BCUT2D eigenvalue weighted by atomic mass is 127. The number of imide groups is 1. The molecule has 2 N–H and O–H groups in total. The van der Waals surface area contributed by atoms with E-state index in [4.69, 9.17) is 0 Å². The van der Waals surface area contributed by atoms with Gasteiger partial charge >= 0.3 is 0 Å². The minimum atomic E-state index is -0.0930. The molecule has 4 atom stereocenters. The van der Waals surface area contributed by atoms with Gasteiger partial charge in [0.05, 0.1) is 11.8 Å². The molecule has 2 heterocycles. The van der Waals surface area contributed by atoms with Gasteiger partial charge in [-0.05, 0) is 71.1 Å². The van der Waals surface area contributed by atoms with Crippen molar-refractivity contribution >= 4 is 41.8 Å². The number of fused-ring (bicyclic) bond motifs is 5. The Morgan fingerprint density at radius 2 is 1.73 bits per heavy atom. The number of allylic oxidation sites excluding steroid dienone is 2. The second-order valence-corrected chi connectivity index (χ2v) is 9.72. The predicted molar refractivity (Wildman–Crippen MR) is 142 cm³/mol. The summed E-state index contributed by atoms with van der Waals surface area (Å²) in [5, 5.41) is 6.73. The second kappa shape index (κ2) is 12.5. The summed E-state index contributed by atoms with van der Waals surface area (Å²) in [5.74, 6) is 1.29. The fourth-order valence-corrected chi connectivity index (χ4v) is 5.78. The number of carbonyl (C=O) groups excluding carboxylic acids is 2. The van der Waals surface area contributed by atoms with Gasteiger partial charge < -0.3 is 20.4 Å². The lowest BCUT2D eigenvalue weighted by molar-refractivity contribution is -0.140. The van der Waals surface area contributed by atoms with Crippen LogP contribution in [0.25, 0.3) is 0 Å². The van der Waals surface area contributed by atoms with Crippen LogP contribution in [0.15, 0.2) is 17.1 Å². The number of halogens is 1. The highest BCUT2D eigenvalue weighted by Crippen LogP contribution is 2.52. The van der Waals surface area contributed by atoms with Crippen molar-refractivity contribution in [3.8, 4) is 0 Å². The zero-order chi connectivity index (χ0) is 22.5. The molecule has 2 amide bonds. The van der Waals surface area contributed by atoms with Gasteiger partial charge in [-0.25, -0.2) is 0 Å². The third-order valence-electron chi connectivity index (χ3n) is 7.47. The van der Waals surface area contributed by atoms with Crippen molar-refractivity contribution < 1.29 is 9.59 Å². The first kappa shape index (κ1) is 26.4. The number of likely N-dealkylation sites (tertiary alicyclic amines) is 1. The Morgan fingerprint density at radius 1 is 1.00 bits per heavy atom. The molecule has 4 rings (SSSR count). The first-order valence-corrected chi connectivity index (χ1v) is 12.5. The molecule has 8 nitrogen and oxygen atoms in total. The molecule has 2 saturated heterocycles. The van der Waals surface area contributed by atoms with Crippen LogP contribution in [0.3, 0.4) is 0 Å². The number of nitrogens with zero attached hydrogens (tertiary/aromatic N) is 4. The van der Waals surface area contributed by atoms with Crippen molar-refractivity contribution in [2.45, 2.75) is 32.6 Å². The smallest absolute Gasteiger partial charge is 0.233 e. The Balaban J connectivity index is 0.00000306. The quantitative estimate of drug-likeness (QED) is 0.109. The number of nitrogens with one attached hydrogen (secondary N) is 2. The number of likely N-dealkylation sites (N-methyl/N-ethyl adjacent to an activating group) is 1. The molecule has 3 fully saturated rings. The third-order valence-corrected chi connectivity index (χ3v) is 7.47. The second-order valence-electron chi connectivity index (χ2n) is 9.72. The van der Waals surface area contributed by atoms with Gasteiger partial charge in [0.25, 0.3) is 0 Å².